The third-order valence-corrected chi connectivity index (χ3v) is 4.75. The van der Waals surface area contributed by atoms with Crippen LogP contribution in [-0.4, -0.2) is 60.5 Å². The number of methoxy groups -OCH3 is 1. The van der Waals surface area contributed by atoms with Crippen molar-refractivity contribution in [2.45, 2.75) is 6.42 Å². The van der Waals surface area contributed by atoms with Crippen molar-refractivity contribution in [3.8, 4) is 23.2 Å². The average molecular weight is 429 g/mol. The van der Waals surface area contributed by atoms with E-state index in [4.69, 9.17) is 10.5 Å². The standard InChI is InChI=1S/C21H21F2N5O3/c1-28-7-5-12(21(28)30)3-4-13-9-14(16(23)10-15(13)22)20-26-11-17(25-6-8-31-2)18(27-20)19(24)29/h9-12,25H,5-8H2,1-2H3,(H2,24,29)/t12-/m1/s1. The van der Waals surface area contributed by atoms with Crippen molar-refractivity contribution in [1.29, 1.82) is 0 Å². The Labute approximate surface area is 177 Å². The minimum atomic E-state index is -0.921. The number of amides is 2. The van der Waals surface area contributed by atoms with Crippen molar-refractivity contribution in [3.63, 3.8) is 0 Å². The molecule has 1 aliphatic heterocycles. The van der Waals surface area contributed by atoms with Crippen LogP contribution in [0.1, 0.15) is 22.5 Å². The summed E-state index contributed by atoms with van der Waals surface area (Å²) in [4.78, 5) is 33.4. The highest BCUT2D eigenvalue weighted by Crippen LogP contribution is 2.25. The number of anilines is 1. The molecule has 0 unspecified atom stereocenters. The van der Waals surface area contributed by atoms with E-state index in [1.807, 2.05) is 0 Å². The summed E-state index contributed by atoms with van der Waals surface area (Å²) in [5.41, 5.74) is 5.26. The molecule has 162 valence electrons. The van der Waals surface area contributed by atoms with E-state index in [2.05, 4.69) is 27.1 Å². The molecule has 1 aliphatic rings. The van der Waals surface area contributed by atoms with Crippen molar-refractivity contribution in [3.05, 3.63) is 41.2 Å². The number of hydrogen-bond donors (Lipinski definition) is 2. The van der Waals surface area contributed by atoms with Crippen LogP contribution in [0.5, 0.6) is 0 Å². The molecule has 0 saturated carbocycles. The Kier molecular flexibility index (Phi) is 6.77. The van der Waals surface area contributed by atoms with Gasteiger partial charge >= 0.3 is 0 Å². The number of carbonyl (C=O) groups is 2. The number of halogens is 2. The van der Waals surface area contributed by atoms with Gasteiger partial charge in [0, 0.05) is 33.3 Å². The second kappa shape index (κ2) is 9.49. The highest BCUT2D eigenvalue weighted by atomic mass is 19.1. The monoisotopic (exact) mass is 429 g/mol. The number of nitrogens with zero attached hydrogens (tertiary/aromatic N) is 3. The molecule has 0 radical (unpaired) electrons. The van der Waals surface area contributed by atoms with Gasteiger partial charge in [-0.25, -0.2) is 18.7 Å². The normalized spacial score (nSPS) is 15.5. The first-order chi connectivity index (χ1) is 14.8. The molecule has 0 bridgehead atoms. The lowest BCUT2D eigenvalue weighted by atomic mass is 10.1. The maximum atomic E-state index is 14.5. The summed E-state index contributed by atoms with van der Waals surface area (Å²) in [7, 11) is 3.19. The van der Waals surface area contributed by atoms with E-state index in [9.17, 15) is 18.4 Å². The van der Waals surface area contributed by atoms with Crippen LogP contribution < -0.4 is 11.1 Å². The van der Waals surface area contributed by atoms with E-state index in [1.165, 1.54) is 13.3 Å². The zero-order valence-corrected chi connectivity index (χ0v) is 17.0. The fourth-order valence-electron chi connectivity index (χ4n) is 3.05. The zero-order chi connectivity index (χ0) is 22.5. The van der Waals surface area contributed by atoms with Gasteiger partial charge in [0.2, 0.25) is 5.91 Å². The van der Waals surface area contributed by atoms with Crippen molar-refractivity contribution < 1.29 is 23.1 Å². The van der Waals surface area contributed by atoms with E-state index in [0.29, 0.717) is 32.2 Å². The van der Waals surface area contributed by atoms with Gasteiger partial charge in [0.25, 0.3) is 5.91 Å². The molecule has 2 heterocycles. The van der Waals surface area contributed by atoms with E-state index < -0.39 is 23.5 Å². The summed E-state index contributed by atoms with van der Waals surface area (Å²) >= 11 is 0. The number of carbonyl (C=O) groups excluding carboxylic acids is 2. The highest BCUT2D eigenvalue weighted by Gasteiger charge is 2.27. The Balaban J connectivity index is 1.96. The predicted molar refractivity (Wildman–Crippen MR) is 109 cm³/mol. The lowest BCUT2D eigenvalue weighted by Gasteiger charge is -2.11. The Bertz CT molecular complexity index is 1080. The van der Waals surface area contributed by atoms with Gasteiger partial charge in [0.1, 0.15) is 17.6 Å². The largest absolute Gasteiger partial charge is 0.383 e. The van der Waals surface area contributed by atoms with Gasteiger partial charge in [-0.1, -0.05) is 11.8 Å². The third kappa shape index (κ3) is 4.95. The molecule has 2 amide bonds. The van der Waals surface area contributed by atoms with Gasteiger partial charge < -0.3 is 20.7 Å². The summed E-state index contributed by atoms with van der Waals surface area (Å²) in [6.45, 7) is 1.32. The van der Waals surface area contributed by atoms with Crippen molar-refractivity contribution in [2.24, 2.45) is 11.7 Å². The number of rotatable bonds is 6. The number of nitrogens with one attached hydrogen (secondary N) is 1. The van der Waals surface area contributed by atoms with Crippen LogP contribution in [0.4, 0.5) is 14.5 Å². The maximum absolute atomic E-state index is 14.5. The summed E-state index contributed by atoms with van der Waals surface area (Å²) in [5, 5.41) is 2.91. The van der Waals surface area contributed by atoms with Gasteiger partial charge in [0.15, 0.2) is 11.5 Å². The SMILES string of the molecule is COCCNc1cnc(-c2cc(C#C[C@@H]3CCN(C)C3=O)c(F)cc2F)nc1C(N)=O. The molecule has 1 aromatic carbocycles. The Morgan fingerprint density at radius 3 is 2.81 bits per heavy atom. The lowest BCUT2D eigenvalue weighted by molar-refractivity contribution is -0.128. The first kappa shape index (κ1) is 22.1. The second-order valence-electron chi connectivity index (χ2n) is 6.92. The topological polar surface area (TPSA) is 110 Å². The molecule has 10 heteroatoms. The molecule has 0 spiro atoms. The van der Waals surface area contributed by atoms with Crippen LogP contribution in [0.15, 0.2) is 18.3 Å². The quantitative estimate of drug-likeness (QED) is 0.531. The smallest absolute Gasteiger partial charge is 0.269 e. The Morgan fingerprint density at radius 1 is 1.39 bits per heavy atom. The zero-order valence-electron chi connectivity index (χ0n) is 17.0. The van der Waals surface area contributed by atoms with Crippen LogP contribution in [0, 0.1) is 29.4 Å². The van der Waals surface area contributed by atoms with Crippen molar-refractivity contribution in [1.82, 2.24) is 14.9 Å². The van der Waals surface area contributed by atoms with E-state index >= 15 is 0 Å². The molecule has 1 fully saturated rings. The minimum absolute atomic E-state index is 0.106. The Morgan fingerprint density at radius 2 is 2.16 bits per heavy atom. The first-order valence-electron chi connectivity index (χ1n) is 9.47. The average Bonchev–Trinajstić information content (AvgIpc) is 3.05. The van der Waals surface area contributed by atoms with Gasteiger partial charge in [-0.15, -0.1) is 0 Å². The minimum Gasteiger partial charge on any atom is -0.383 e. The number of primary amides is 1. The molecule has 8 nitrogen and oxygen atoms in total. The maximum Gasteiger partial charge on any atom is 0.269 e. The van der Waals surface area contributed by atoms with Crippen molar-refractivity contribution >= 4 is 17.5 Å². The highest BCUT2D eigenvalue weighted by molar-refractivity contribution is 5.96. The van der Waals surface area contributed by atoms with Crippen LogP contribution in [-0.2, 0) is 9.53 Å². The molecule has 1 aromatic heterocycles. The number of aromatic nitrogens is 2. The van der Waals surface area contributed by atoms with Crippen LogP contribution in [0.3, 0.4) is 0 Å². The summed E-state index contributed by atoms with van der Waals surface area (Å²) in [6.07, 6.45) is 1.83. The summed E-state index contributed by atoms with van der Waals surface area (Å²) in [5.74, 6) is 1.90. The second-order valence-corrected chi connectivity index (χ2v) is 6.92. The molecule has 3 N–H and O–H groups in total. The molecule has 1 atom stereocenters. The fourth-order valence-corrected chi connectivity index (χ4v) is 3.05. The van der Waals surface area contributed by atoms with E-state index in [0.717, 1.165) is 6.07 Å². The number of nitrogens with two attached hydrogens (primary N) is 1. The fraction of sp³-hybridized carbons (Fsp3) is 0.333. The van der Waals surface area contributed by atoms with E-state index in [1.54, 1.807) is 11.9 Å². The number of likely N-dealkylation sites (tertiary alicyclic amines) is 1. The molecule has 3 rings (SSSR count). The van der Waals surface area contributed by atoms with Gasteiger partial charge in [-0.2, -0.15) is 0 Å². The third-order valence-electron chi connectivity index (χ3n) is 4.75. The van der Waals surface area contributed by atoms with Gasteiger partial charge in [-0.3, -0.25) is 9.59 Å². The number of hydrogen-bond acceptors (Lipinski definition) is 6. The van der Waals surface area contributed by atoms with Crippen LogP contribution in [0.25, 0.3) is 11.4 Å². The van der Waals surface area contributed by atoms with Crippen molar-refractivity contribution in [2.75, 3.05) is 39.2 Å². The van der Waals surface area contributed by atoms with Gasteiger partial charge in [0.05, 0.1) is 29.6 Å². The van der Waals surface area contributed by atoms with Crippen LogP contribution in [0.2, 0.25) is 0 Å². The Hall–Kier alpha value is -3.58. The molecule has 2 aromatic rings. The summed E-state index contributed by atoms with van der Waals surface area (Å²) in [6, 6.07) is 1.82. The molecular formula is C21H21F2N5O3. The molecule has 31 heavy (non-hydrogen) atoms. The molecular weight excluding hydrogens is 408 g/mol. The number of ether oxygens (including phenoxy) is 1. The number of benzene rings is 1. The van der Waals surface area contributed by atoms with E-state index in [-0.39, 0.29) is 34.2 Å². The molecule has 1 saturated heterocycles. The summed E-state index contributed by atoms with van der Waals surface area (Å²) < 4.78 is 33.7. The molecule has 0 aliphatic carbocycles. The lowest BCUT2D eigenvalue weighted by Crippen LogP contribution is -2.21. The first-order valence-corrected chi connectivity index (χ1v) is 9.47. The van der Waals surface area contributed by atoms with Gasteiger partial charge in [-0.05, 0) is 12.5 Å². The van der Waals surface area contributed by atoms with Crippen LogP contribution >= 0.6 is 0 Å². The predicted octanol–water partition coefficient (Wildman–Crippen LogP) is 1.41.